The first-order valence-corrected chi connectivity index (χ1v) is 14.9. The van der Waals surface area contributed by atoms with Gasteiger partial charge in [-0.15, -0.1) is 10.2 Å². The average Bonchev–Trinajstić information content (AvgIpc) is 3.42. The maximum Gasteiger partial charge on any atom is 0.273 e. The molecule has 1 aromatic carbocycles. The number of aryl methyl sites for hydroxylation is 2. The SMILES string of the molecule is CNC(=O)c1nnc(Nc2cc(C)nc(C)n2)cc1Nc1cccc2c1N(C)Cc1c-2cnn1C1CN(Cc2ccccn2)C1. The molecule has 0 atom stereocenters. The number of pyridine rings is 1. The Morgan fingerprint density at radius 2 is 1.82 bits per heavy atom. The maximum absolute atomic E-state index is 12.8. The van der Waals surface area contributed by atoms with Crippen LogP contribution in [0, 0.1) is 13.8 Å². The number of nitrogens with zero attached hydrogens (tertiary/aromatic N) is 9. The summed E-state index contributed by atoms with van der Waals surface area (Å²) in [4.78, 5) is 30.7. The molecule has 3 N–H and O–H groups in total. The number of hydrogen-bond donors (Lipinski definition) is 3. The van der Waals surface area contributed by atoms with Crippen molar-refractivity contribution in [2.24, 2.45) is 0 Å². The summed E-state index contributed by atoms with van der Waals surface area (Å²) in [7, 11) is 3.65. The smallest absolute Gasteiger partial charge is 0.273 e. The standard InChI is InChI=1S/C32H34N12O/c1-19-12-28(37-20(2)36-19)39-29-13-26(30(41-40-29)32(45)33-3)38-25-10-7-9-23-24-14-35-44(27(24)18-42(4)31(23)25)22-16-43(17-22)15-21-8-5-6-11-34-21/h5-14,22H,15-18H2,1-4H3,(H,33,45)(H2,36,37,38,39,40). The lowest BCUT2D eigenvalue weighted by Crippen LogP contribution is -2.48. The normalized spacial score (nSPS) is 14.4. The zero-order chi connectivity index (χ0) is 31.1. The monoisotopic (exact) mass is 602 g/mol. The first-order chi connectivity index (χ1) is 21.9. The lowest BCUT2D eigenvalue weighted by atomic mass is 9.97. The van der Waals surface area contributed by atoms with E-state index < -0.39 is 0 Å². The van der Waals surface area contributed by atoms with Gasteiger partial charge in [0.1, 0.15) is 11.6 Å². The summed E-state index contributed by atoms with van der Waals surface area (Å²) < 4.78 is 2.19. The molecular weight excluding hydrogens is 568 g/mol. The second kappa shape index (κ2) is 11.6. The van der Waals surface area contributed by atoms with Crippen molar-refractivity contribution in [1.82, 2.24) is 45.1 Å². The Hall–Kier alpha value is -5.43. The number of carbonyl (C=O) groups is 1. The fourth-order valence-electron chi connectivity index (χ4n) is 6.10. The molecule has 1 saturated heterocycles. The zero-order valence-corrected chi connectivity index (χ0v) is 25.6. The highest BCUT2D eigenvalue weighted by molar-refractivity contribution is 6.00. The highest BCUT2D eigenvalue weighted by atomic mass is 16.1. The van der Waals surface area contributed by atoms with Gasteiger partial charge in [-0.1, -0.05) is 18.2 Å². The Balaban J connectivity index is 1.16. The molecule has 2 aliphatic heterocycles. The molecule has 0 unspecified atom stereocenters. The van der Waals surface area contributed by atoms with Crippen LogP contribution in [0.1, 0.15) is 39.4 Å². The molecule has 7 rings (SSSR count). The summed E-state index contributed by atoms with van der Waals surface area (Å²) in [5, 5.41) is 22.7. The summed E-state index contributed by atoms with van der Waals surface area (Å²) in [6.07, 6.45) is 3.82. The number of nitrogens with one attached hydrogen (secondary N) is 3. The summed E-state index contributed by atoms with van der Waals surface area (Å²) in [6, 6.07) is 16.1. The Kier molecular flexibility index (Phi) is 7.29. The number of likely N-dealkylation sites (tertiary alicyclic amines) is 1. The Labute approximate surface area is 260 Å². The predicted octanol–water partition coefficient (Wildman–Crippen LogP) is 4.00. The van der Waals surface area contributed by atoms with E-state index in [9.17, 15) is 4.79 Å². The molecule has 0 spiro atoms. The Morgan fingerprint density at radius 3 is 2.60 bits per heavy atom. The van der Waals surface area contributed by atoms with Gasteiger partial charge < -0.3 is 20.9 Å². The molecule has 45 heavy (non-hydrogen) atoms. The quantitative estimate of drug-likeness (QED) is 0.237. The highest BCUT2D eigenvalue weighted by Gasteiger charge is 2.34. The number of benzene rings is 1. The minimum Gasteiger partial charge on any atom is -0.366 e. The zero-order valence-electron chi connectivity index (χ0n) is 25.6. The summed E-state index contributed by atoms with van der Waals surface area (Å²) in [5.74, 6) is 1.35. The van der Waals surface area contributed by atoms with E-state index >= 15 is 0 Å². The molecule has 0 aliphatic carbocycles. The second-order valence-corrected chi connectivity index (χ2v) is 11.4. The highest BCUT2D eigenvalue weighted by Crippen LogP contribution is 2.45. The van der Waals surface area contributed by atoms with Crippen LogP contribution in [0.4, 0.5) is 28.7 Å². The predicted molar refractivity (Wildman–Crippen MR) is 172 cm³/mol. The van der Waals surface area contributed by atoms with Gasteiger partial charge in [0.25, 0.3) is 5.91 Å². The first-order valence-electron chi connectivity index (χ1n) is 14.9. The molecule has 0 radical (unpaired) electrons. The topological polar surface area (TPSA) is 142 Å². The molecule has 1 fully saturated rings. The van der Waals surface area contributed by atoms with Crippen LogP contribution in [0.3, 0.4) is 0 Å². The van der Waals surface area contributed by atoms with Gasteiger partial charge in [-0.3, -0.25) is 19.4 Å². The molecule has 2 aliphatic rings. The summed E-state index contributed by atoms with van der Waals surface area (Å²) in [6.45, 7) is 7.15. The number of carbonyl (C=O) groups excluding carboxylic acids is 1. The van der Waals surface area contributed by atoms with Crippen molar-refractivity contribution in [1.29, 1.82) is 0 Å². The first kappa shape index (κ1) is 28.3. The van der Waals surface area contributed by atoms with E-state index in [4.69, 9.17) is 5.10 Å². The minimum atomic E-state index is -0.343. The summed E-state index contributed by atoms with van der Waals surface area (Å²) in [5.41, 5.74) is 7.87. The molecule has 4 aromatic heterocycles. The van der Waals surface area contributed by atoms with Crippen molar-refractivity contribution in [3.8, 4) is 11.1 Å². The van der Waals surface area contributed by atoms with E-state index in [-0.39, 0.29) is 11.6 Å². The molecule has 13 nitrogen and oxygen atoms in total. The van der Waals surface area contributed by atoms with Crippen LogP contribution in [-0.4, -0.2) is 72.9 Å². The molecule has 5 aromatic rings. The van der Waals surface area contributed by atoms with Gasteiger partial charge in [-0.25, -0.2) is 9.97 Å². The van der Waals surface area contributed by atoms with Gasteiger partial charge in [0.2, 0.25) is 0 Å². The lowest BCUT2D eigenvalue weighted by molar-refractivity contribution is 0.0876. The molecule has 0 saturated carbocycles. The van der Waals surface area contributed by atoms with E-state index in [0.717, 1.165) is 53.5 Å². The van der Waals surface area contributed by atoms with Gasteiger partial charge in [0, 0.05) is 68.9 Å². The fourth-order valence-corrected chi connectivity index (χ4v) is 6.10. The molecule has 13 heteroatoms. The number of para-hydroxylation sites is 1. The van der Waals surface area contributed by atoms with Crippen LogP contribution in [0.2, 0.25) is 0 Å². The molecule has 6 heterocycles. The van der Waals surface area contributed by atoms with Gasteiger partial charge in [-0.2, -0.15) is 5.10 Å². The van der Waals surface area contributed by atoms with E-state index in [0.29, 0.717) is 35.7 Å². The number of rotatable bonds is 8. The summed E-state index contributed by atoms with van der Waals surface area (Å²) >= 11 is 0. The fraction of sp³-hybridized carbons (Fsp3) is 0.281. The van der Waals surface area contributed by atoms with Crippen molar-refractivity contribution in [3.63, 3.8) is 0 Å². The second-order valence-electron chi connectivity index (χ2n) is 11.4. The number of aromatic nitrogens is 7. The third kappa shape index (κ3) is 5.53. The van der Waals surface area contributed by atoms with Crippen LogP contribution in [0.25, 0.3) is 11.1 Å². The van der Waals surface area contributed by atoms with Crippen molar-refractivity contribution < 1.29 is 4.79 Å². The maximum atomic E-state index is 12.8. The third-order valence-electron chi connectivity index (χ3n) is 8.12. The number of hydrogen-bond acceptors (Lipinski definition) is 11. The van der Waals surface area contributed by atoms with E-state index in [1.165, 1.54) is 5.69 Å². The Bertz CT molecular complexity index is 1860. The van der Waals surface area contributed by atoms with Crippen molar-refractivity contribution in [2.75, 3.05) is 42.7 Å². The molecule has 0 bridgehead atoms. The van der Waals surface area contributed by atoms with Gasteiger partial charge in [0.05, 0.1) is 47.2 Å². The van der Waals surface area contributed by atoms with Gasteiger partial charge >= 0.3 is 0 Å². The third-order valence-corrected chi connectivity index (χ3v) is 8.12. The largest absolute Gasteiger partial charge is 0.366 e. The van der Waals surface area contributed by atoms with E-state index in [1.807, 2.05) is 56.6 Å². The minimum absolute atomic E-state index is 0.183. The number of anilines is 5. The van der Waals surface area contributed by atoms with E-state index in [2.05, 4.69) is 74.8 Å². The molecule has 228 valence electrons. The molecular formula is C32H34N12O. The van der Waals surface area contributed by atoms with Gasteiger partial charge in [0.15, 0.2) is 11.5 Å². The van der Waals surface area contributed by atoms with Crippen molar-refractivity contribution >= 4 is 34.6 Å². The molecule has 1 amide bonds. The van der Waals surface area contributed by atoms with Crippen molar-refractivity contribution in [3.05, 3.63) is 89.5 Å². The average molecular weight is 603 g/mol. The number of fused-ring (bicyclic) bond motifs is 3. The van der Waals surface area contributed by atoms with Crippen LogP contribution in [0.5, 0.6) is 0 Å². The van der Waals surface area contributed by atoms with Crippen LogP contribution < -0.4 is 20.9 Å². The lowest BCUT2D eigenvalue weighted by Gasteiger charge is -2.40. The van der Waals surface area contributed by atoms with Crippen LogP contribution in [-0.2, 0) is 13.1 Å². The Morgan fingerprint density at radius 1 is 0.956 bits per heavy atom. The van der Waals surface area contributed by atoms with E-state index in [1.54, 1.807) is 13.1 Å². The van der Waals surface area contributed by atoms with Crippen LogP contribution >= 0.6 is 0 Å². The number of amides is 1. The van der Waals surface area contributed by atoms with Crippen molar-refractivity contribution in [2.45, 2.75) is 33.0 Å². The van der Waals surface area contributed by atoms with Gasteiger partial charge in [-0.05, 0) is 32.0 Å². The van der Waals surface area contributed by atoms with Crippen LogP contribution in [0.15, 0.2) is 60.9 Å².